The van der Waals surface area contributed by atoms with Crippen LogP contribution >= 0.6 is 0 Å². The summed E-state index contributed by atoms with van der Waals surface area (Å²) < 4.78 is 0. The molecule has 7 heteroatoms. The Bertz CT molecular complexity index is 822. The lowest BCUT2D eigenvalue weighted by Crippen LogP contribution is -2.62. The van der Waals surface area contributed by atoms with Crippen LogP contribution in [0.25, 0.3) is 0 Å². The first-order valence-electron chi connectivity index (χ1n) is 9.68. The number of phenols is 1. The standard InChI is InChI=1S/C22H32N6O/c1-21(2)13-16(14-22(3,4)28-21)27-20(25)9-8-18(24)17-7-6-15(12-19(17)29)26-11-5-10-23/h5-12,16,23-24,26,28-29H,13-14H2,1-4H3,(H2,25,27)/b9-8-,11-5-,23-10?,24-18?. The first-order chi connectivity index (χ1) is 13.5. The zero-order valence-corrected chi connectivity index (χ0v) is 17.6. The lowest BCUT2D eigenvalue weighted by Gasteiger charge is -2.46. The van der Waals surface area contributed by atoms with Gasteiger partial charge in [-0.05, 0) is 70.9 Å². The number of allylic oxidation sites excluding steroid dienone is 2. The maximum Gasteiger partial charge on any atom is 0.127 e. The third-order valence-corrected chi connectivity index (χ3v) is 4.70. The Morgan fingerprint density at radius 1 is 1.14 bits per heavy atom. The maximum atomic E-state index is 10.2. The van der Waals surface area contributed by atoms with E-state index in [1.165, 1.54) is 18.2 Å². The normalized spacial score (nSPS) is 18.6. The van der Waals surface area contributed by atoms with Crippen LogP contribution in [0, 0.1) is 16.2 Å². The van der Waals surface area contributed by atoms with E-state index in [1.54, 1.807) is 24.4 Å². The van der Waals surface area contributed by atoms with Crippen LogP contribution in [0.4, 0.5) is 5.69 Å². The van der Waals surface area contributed by atoms with Gasteiger partial charge in [0.2, 0.25) is 0 Å². The number of piperidine rings is 1. The lowest BCUT2D eigenvalue weighted by atomic mass is 9.79. The van der Waals surface area contributed by atoms with Crippen molar-refractivity contribution in [3.63, 3.8) is 0 Å². The molecule has 29 heavy (non-hydrogen) atoms. The zero-order valence-electron chi connectivity index (χ0n) is 17.6. The van der Waals surface area contributed by atoms with Crippen LogP contribution in [-0.4, -0.2) is 40.0 Å². The molecular weight excluding hydrogens is 364 g/mol. The van der Waals surface area contributed by atoms with Crippen LogP contribution in [-0.2, 0) is 0 Å². The molecule has 0 amide bonds. The fourth-order valence-electron chi connectivity index (χ4n) is 3.99. The van der Waals surface area contributed by atoms with Crippen LogP contribution in [0.15, 0.2) is 42.6 Å². The van der Waals surface area contributed by atoms with E-state index in [0.29, 0.717) is 11.3 Å². The van der Waals surface area contributed by atoms with Crippen molar-refractivity contribution in [3.05, 3.63) is 48.2 Å². The van der Waals surface area contributed by atoms with Gasteiger partial charge in [-0.25, -0.2) is 0 Å². The molecular formula is C22H32N6O. The van der Waals surface area contributed by atoms with Crippen molar-refractivity contribution in [2.75, 3.05) is 5.32 Å². The van der Waals surface area contributed by atoms with Gasteiger partial charge in [-0.1, -0.05) is 0 Å². The van der Waals surface area contributed by atoms with Crippen molar-refractivity contribution < 1.29 is 5.11 Å². The van der Waals surface area contributed by atoms with E-state index in [-0.39, 0.29) is 34.4 Å². The van der Waals surface area contributed by atoms with Gasteiger partial charge in [0.25, 0.3) is 0 Å². The molecule has 1 aromatic carbocycles. The van der Waals surface area contributed by atoms with Gasteiger partial charge in [-0.3, -0.25) is 5.41 Å². The van der Waals surface area contributed by atoms with Gasteiger partial charge < -0.3 is 31.9 Å². The average molecular weight is 397 g/mol. The molecule has 0 atom stereocenters. The SMILES string of the molecule is CC1(C)CC(NC(=N)/C=C\C(=N)c2ccc(N/C=C\C=N)cc2O)CC(C)(C)N1. The van der Waals surface area contributed by atoms with E-state index < -0.39 is 0 Å². The monoisotopic (exact) mass is 396 g/mol. The van der Waals surface area contributed by atoms with Crippen molar-refractivity contribution in [1.82, 2.24) is 10.6 Å². The summed E-state index contributed by atoms with van der Waals surface area (Å²) in [5, 5.41) is 43.4. The molecule has 156 valence electrons. The minimum Gasteiger partial charge on any atom is -0.507 e. The fourth-order valence-corrected chi connectivity index (χ4v) is 3.99. The maximum absolute atomic E-state index is 10.2. The minimum absolute atomic E-state index is 0.00836. The summed E-state index contributed by atoms with van der Waals surface area (Å²) in [6, 6.07) is 5.10. The number of phenolic OH excluding ortho intramolecular Hbond substituents is 1. The Morgan fingerprint density at radius 3 is 2.38 bits per heavy atom. The number of anilines is 1. The molecule has 0 radical (unpaired) electrons. The Labute approximate surface area is 172 Å². The summed E-state index contributed by atoms with van der Waals surface area (Å²) in [6.45, 7) is 8.67. The Hall–Kier alpha value is -2.93. The average Bonchev–Trinajstić information content (AvgIpc) is 2.57. The summed E-state index contributed by atoms with van der Waals surface area (Å²) in [5.41, 5.74) is 1.16. The number of amidine groups is 1. The predicted octanol–water partition coefficient (Wildman–Crippen LogP) is 3.77. The van der Waals surface area contributed by atoms with E-state index in [4.69, 9.17) is 16.2 Å². The van der Waals surface area contributed by atoms with E-state index in [1.807, 2.05) is 0 Å². The molecule has 1 fully saturated rings. The summed E-state index contributed by atoms with van der Waals surface area (Å²) in [6.07, 6.45) is 9.16. The number of aromatic hydroxyl groups is 1. The smallest absolute Gasteiger partial charge is 0.127 e. The Balaban J connectivity index is 1.98. The summed E-state index contributed by atoms with van der Waals surface area (Å²) in [5.74, 6) is 0.233. The molecule has 2 rings (SSSR count). The van der Waals surface area contributed by atoms with Crippen molar-refractivity contribution in [1.29, 1.82) is 16.2 Å². The highest BCUT2D eigenvalue weighted by atomic mass is 16.3. The van der Waals surface area contributed by atoms with Gasteiger partial charge in [0, 0.05) is 46.9 Å². The van der Waals surface area contributed by atoms with E-state index in [9.17, 15) is 5.11 Å². The molecule has 0 unspecified atom stereocenters. The van der Waals surface area contributed by atoms with Crippen molar-refractivity contribution in [2.24, 2.45) is 0 Å². The molecule has 1 aromatic rings. The van der Waals surface area contributed by atoms with E-state index >= 15 is 0 Å². The van der Waals surface area contributed by atoms with E-state index in [2.05, 4.69) is 43.6 Å². The molecule has 0 aromatic heterocycles. The summed E-state index contributed by atoms with van der Waals surface area (Å²) in [7, 11) is 0. The molecule has 7 nitrogen and oxygen atoms in total. The van der Waals surface area contributed by atoms with Gasteiger partial charge in [-0.15, -0.1) is 0 Å². The summed E-state index contributed by atoms with van der Waals surface area (Å²) in [4.78, 5) is 0. The van der Waals surface area contributed by atoms with Gasteiger partial charge in [0.1, 0.15) is 11.6 Å². The fraction of sp³-hybridized carbons (Fsp3) is 0.409. The van der Waals surface area contributed by atoms with Crippen molar-refractivity contribution in [2.45, 2.75) is 57.7 Å². The second kappa shape index (κ2) is 9.05. The first-order valence-corrected chi connectivity index (χ1v) is 9.68. The quantitative estimate of drug-likeness (QED) is 0.279. The number of hydrogen-bond donors (Lipinski definition) is 7. The van der Waals surface area contributed by atoms with Gasteiger partial charge in [0.05, 0.1) is 5.71 Å². The zero-order chi connectivity index (χ0) is 21.7. The highest BCUT2D eigenvalue weighted by Gasteiger charge is 2.37. The number of rotatable bonds is 7. The second-order valence-corrected chi connectivity index (χ2v) is 8.71. The largest absolute Gasteiger partial charge is 0.507 e. The highest BCUT2D eigenvalue weighted by Crippen LogP contribution is 2.28. The summed E-state index contributed by atoms with van der Waals surface area (Å²) >= 11 is 0. The van der Waals surface area contributed by atoms with Crippen LogP contribution in [0.2, 0.25) is 0 Å². The molecule has 1 aliphatic heterocycles. The molecule has 0 aliphatic carbocycles. The van der Waals surface area contributed by atoms with Crippen LogP contribution in [0.5, 0.6) is 5.75 Å². The number of nitrogens with one attached hydrogen (secondary N) is 6. The predicted molar refractivity (Wildman–Crippen MR) is 121 cm³/mol. The van der Waals surface area contributed by atoms with Gasteiger partial charge >= 0.3 is 0 Å². The first kappa shape index (κ1) is 22.4. The third kappa shape index (κ3) is 6.87. The van der Waals surface area contributed by atoms with Crippen LogP contribution in [0.3, 0.4) is 0 Å². The molecule has 0 spiro atoms. The minimum atomic E-state index is -0.0192. The van der Waals surface area contributed by atoms with Crippen molar-refractivity contribution in [3.8, 4) is 5.75 Å². The van der Waals surface area contributed by atoms with E-state index in [0.717, 1.165) is 19.1 Å². The van der Waals surface area contributed by atoms with Crippen molar-refractivity contribution >= 4 is 23.4 Å². The molecule has 0 bridgehead atoms. The number of benzene rings is 1. The molecule has 7 N–H and O–H groups in total. The lowest BCUT2D eigenvalue weighted by molar-refractivity contribution is 0.155. The Kier molecular flexibility index (Phi) is 6.97. The molecule has 0 saturated carbocycles. The van der Waals surface area contributed by atoms with Gasteiger partial charge in [0.15, 0.2) is 0 Å². The van der Waals surface area contributed by atoms with Crippen LogP contribution < -0.4 is 16.0 Å². The Morgan fingerprint density at radius 2 is 1.79 bits per heavy atom. The third-order valence-electron chi connectivity index (χ3n) is 4.70. The number of hydrogen-bond acceptors (Lipinski definition) is 6. The van der Waals surface area contributed by atoms with Crippen LogP contribution in [0.1, 0.15) is 46.1 Å². The topological polar surface area (TPSA) is 128 Å². The molecule has 1 aliphatic rings. The van der Waals surface area contributed by atoms with Gasteiger partial charge in [-0.2, -0.15) is 0 Å². The highest BCUT2D eigenvalue weighted by molar-refractivity contribution is 6.11. The molecule has 1 saturated heterocycles. The molecule has 1 heterocycles. The second-order valence-electron chi connectivity index (χ2n) is 8.71.